The third-order valence-electron chi connectivity index (χ3n) is 4.47. The number of carbonyl (C=O) groups excluding carboxylic acids is 2. The van der Waals surface area contributed by atoms with Gasteiger partial charge in [0.15, 0.2) is 0 Å². The summed E-state index contributed by atoms with van der Waals surface area (Å²) in [5.74, 6) is -0.0406. The molecule has 2 saturated carbocycles. The molecule has 1 aliphatic heterocycles. The maximum absolute atomic E-state index is 11.7. The summed E-state index contributed by atoms with van der Waals surface area (Å²) in [7, 11) is 1.39. The number of hydrogen-bond acceptors (Lipinski definition) is 4. The Morgan fingerprint density at radius 2 is 2.20 bits per heavy atom. The van der Waals surface area contributed by atoms with Gasteiger partial charge in [0.2, 0.25) is 0 Å². The molecule has 3 rings (SSSR count). The van der Waals surface area contributed by atoms with Gasteiger partial charge in [-0.05, 0) is 18.3 Å². The predicted molar refractivity (Wildman–Crippen MR) is 49.6 cm³/mol. The molecule has 5 unspecified atom stereocenters. The van der Waals surface area contributed by atoms with Crippen molar-refractivity contribution < 1.29 is 19.1 Å². The van der Waals surface area contributed by atoms with Crippen LogP contribution in [0.3, 0.4) is 0 Å². The second kappa shape index (κ2) is 2.74. The lowest BCUT2D eigenvalue weighted by atomic mass is 9.75. The van der Waals surface area contributed by atoms with E-state index < -0.39 is 0 Å². The van der Waals surface area contributed by atoms with Crippen molar-refractivity contribution in [2.45, 2.75) is 19.4 Å². The molecule has 1 heterocycles. The van der Waals surface area contributed by atoms with Gasteiger partial charge in [-0.1, -0.05) is 6.92 Å². The van der Waals surface area contributed by atoms with Crippen LogP contribution in [0.2, 0.25) is 0 Å². The molecule has 6 atom stereocenters. The summed E-state index contributed by atoms with van der Waals surface area (Å²) in [5, 5.41) is 0. The van der Waals surface area contributed by atoms with E-state index >= 15 is 0 Å². The lowest BCUT2D eigenvalue weighted by Gasteiger charge is -2.27. The van der Waals surface area contributed by atoms with Crippen molar-refractivity contribution in [3.8, 4) is 0 Å². The first-order chi connectivity index (χ1) is 7.15. The highest BCUT2D eigenvalue weighted by molar-refractivity contribution is 5.85. The van der Waals surface area contributed by atoms with Crippen LogP contribution in [0.4, 0.5) is 0 Å². The molecule has 4 heteroatoms. The third-order valence-corrected chi connectivity index (χ3v) is 4.47. The molecule has 0 N–H and O–H groups in total. The zero-order valence-corrected chi connectivity index (χ0v) is 8.80. The maximum Gasteiger partial charge on any atom is 0.310 e. The highest BCUT2D eigenvalue weighted by atomic mass is 16.6. The molecule has 0 aromatic carbocycles. The molecule has 0 spiro atoms. The molecule has 0 amide bonds. The Hall–Kier alpha value is -1.06. The van der Waals surface area contributed by atoms with Crippen LogP contribution in [0.1, 0.15) is 13.3 Å². The fourth-order valence-electron chi connectivity index (χ4n) is 3.84. The maximum atomic E-state index is 11.7. The van der Waals surface area contributed by atoms with E-state index in [0.717, 1.165) is 6.42 Å². The van der Waals surface area contributed by atoms with Gasteiger partial charge in [-0.3, -0.25) is 9.59 Å². The number of methoxy groups -OCH3 is 1. The van der Waals surface area contributed by atoms with Crippen molar-refractivity contribution in [1.82, 2.24) is 0 Å². The Labute approximate surface area is 87.9 Å². The van der Waals surface area contributed by atoms with Crippen molar-refractivity contribution in [2.75, 3.05) is 7.11 Å². The molecule has 3 aliphatic rings. The summed E-state index contributed by atoms with van der Waals surface area (Å²) in [6, 6.07) is 0. The van der Waals surface area contributed by atoms with E-state index in [4.69, 9.17) is 9.47 Å². The smallest absolute Gasteiger partial charge is 0.310 e. The first kappa shape index (κ1) is 9.19. The van der Waals surface area contributed by atoms with Crippen LogP contribution in [0.5, 0.6) is 0 Å². The lowest BCUT2D eigenvalue weighted by molar-refractivity contribution is -0.153. The first-order valence-electron chi connectivity index (χ1n) is 5.43. The van der Waals surface area contributed by atoms with Gasteiger partial charge in [0.05, 0.1) is 18.9 Å². The topological polar surface area (TPSA) is 52.6 Å². The number of ether oxygens (including phenoxy) is 2. The average Bonchev–Trinajstić information content (AvgIpc) is 2.80. The summed E-state index contributed by atoms with van der Waals surface area (Å²) in [6.07, 6.45) is 1.01. The van der Waals surface area contributed by atoms with E-state index in [0.29, 0.717) is 5.92 Å². The van der Waals surface area contributed by atoms with Crippen LogP contribution in [-0.4, -0.2) is 25.2 Å². The van der Waals surface area contributed by atoms with Crippen molar-refractivity contribution in [3.05, 3.63) is 0 Å². The van der Waals surface area contributed by atoms with Crippen LogP contribution < -0.4 is 0 Å². The predicted octanol–water partition coefficient (Wildman–Crippen LogP) is 0.603. The van der Waals surface area contributed by atoms with Gasteiger partial charge < -0.3 is 9.47 Å². The highest BCUT2D eigenvalue weighted by Crippen LogP contribution is 2.60. The average molecular weight is 210 g/mol. The number of esters is 2. The molecule has 1 saturated heterocycles. The third kappa shape index (κ3) is 0.924. The normalized spacial score (nSPS) is 50.7. The van der Waals surface area contributed by atoms with E-state index in [1.54, 1.807) is 0 Å². The Morgan fingerprint density at radius 3 is 2.87 bits per heavy atom. The monoisotopic (exact) mass is 210 g/mol. The molecule has 2 aliphatic carbocycles. The molecule has 2 bridgehead atoms. The van der Waals surface area contributed by atoms with Gasteiger partial charge in [0, 0.05) is 5.92 Å². The fourth-order valence-corrected chi connectivity index (χ4v) is 3.84. The number of hydrogen-bond donors (Lipinski definition) is 0. The Bertz CT molecular complexity index is 337. The van der Waals surface area contributed by atoms with Gasteiger partial charge in [-0.25, -0.2) is 0 Å². The van der Waals surface area contributed by atoms with Crippen LogP contribution in [0.25, 0.3) is 0 Å². The number of fused-ring (bicyclic) bond motifs is 1. The lowest BCUT2D eigenvalue weighted by Crippen LogP contribution is -2.37. The minimum absolute atomic E-state index is 0.0633. The standard InChI is InChI=1S/C11H14O4/c1-4-5-3-6-8(7(5)10(12)14-2)11(13)15-9(4)6/h4-9H,3H2,1-2H3/t4-,5?,6?,7?,8?,9?/m1/s1. The van der Waals surface area contributed by atoms with Gasteiger partial charge in [-0.2, -0.15) is 0 Å². The van der Waals surface area contributed by atoms with Crippen molar-refractivity contribution in [3.63, 3.8) is 0 Å². The molecule has 0 aromatic heterocycles. The second-order valence-electron chi connectivity index (χ2n) is 4.90. The largest absolute Gasteiger partial charge is 0.469 e. The zero-order valence-electron chi connectivity index (χ0n) is 8.80. The van der Waals surface area contributed by atoms with Crippen molar-refractivity contribution in [2.24, 2.45) is 29.6 Å². The first-order valence-corrected chi connectivity index (χ1v) is 5.43. The van der Waals surface area contributed by atoms with Crippen LogP contribution in [-0.2, 0) is 19.1 Å². The molecular formula is C11H14O4. The van der Waals surface area contributed by atoms with E-state index in [1.807, 2.05) is 0 Å². The minimum Gasteiger partial charge on any atom is -0.469 e. The quantitative estimate of drug-likeness (QED) is 0.595. The molecule has 4 nitrogen and oxygen atoms in total. The molecule has 0 aromatic rings. The molecular weight excluding hydrogens is 196 g/mol. The fraction of sp³-hybridized carbons (Fsp3) is 0.818. The van der Waals surface area contributed by atoms with Gasteiger partial charge >= 0.3 is 11.9 Å². The summed E-state index contributed by atoms with van der Waals surface area (Å²) in [4.78, 5) is 23.3. The van der Waals surface area contributed by atoms with Crippen LogP contribution in [0.15, 0.2) is 0 Å². The zero-order chi connectivity index (χ0) is 10.7. The summed E-state index contributed by atoms with van der Waals surface area (Å²) < 4.78 is 10.1. The number of rotatable bonds is 1. The van der Waals surface area contributed by atoms with E-state index in [2.05, 4.69) is 6.92 Å². The van der Waals surface area contributed by atoms with Gasteiger partial charge in [0.25, 0.3) is 0 Å². The van der Waals surface area contributed by atoms with Gasteiger partial charge in [0.1, 0.15) is 6.10 Å². The van der Waals surface area contributed by atoms with E-state index in [9.17, 15) is 9.59 Å². The Balaban J connectivity index is 1.98. The van der Waals surface area contributed by atoms with Crippen LogP contribution in [0, 0.1) is 29.6 Å². The van der Waals surface area contributed by atoms with Crippen molar-refractivity contribution >= 4 is 11.9 Å². The van der Waals surface area contributed by atoms with E-state index in [-0.39, 0.29) is 41.7 Å². The molecule has 0 radical (unpaired) electrons. The summed E-state index contributed by atoms with van der Waals surface area (Å²) in [5.41, 5.74) is 0. The van der Waals surface area contributed by atoms with E-state index in [1.165, 1.54) is 7.11 Å². The minimum atomic E-state index is -0.249. The van der Waals surface area contributed by atoms with Gasteiger partial charge in [-0.15, -0.1) is 0 Å². The Morgan fingerprint density at radius 1 is 1.47 bits per heavy atom. The summed E-state index contributed by atoms with van der Waals surface area (Å²) in [6.45, 7) is 2.07. The number of carbonyl (C=O) groups is 2. The van der Waals surface area contributed by atoms with Crippen molar-refractivity contribution in [1.29, 1.82) is 0 Å². The van der Waals surface area contributed by atoms with Crippen LogP contribution >= 0.6 is 0 Å². The molecule has 15 heavy (non-hydrogen) atoms. The summed E-state index contributed by atoms with van der Waals surface area (Å²) >= 11 is 0. The molecule has 82 valence electrons. The SMILES string of the molecule is COC(=O)C1C2C(=O)OC3C2CC1[C@H]3C. The second-order valence-corrected chi connectivity index (χ2v) is 4.90. The Kier molecular flexibility index (Phi) is 1.68. The molecule has 3 fully saturated rings. The highest BCUT2D eigenvalue weighted by Gasteiger charge is 2.67.